The summed E-state index contributed by atoms with van der Waals surface area (Å²) in [7, 11) is 0. The highest BCUT2D eigenvalue weighted by molar-refractivity contribution is 6.06. The van der Waals surface area contributed by atoms with Crippen molar-refractivity contribution in [3.05, 3.63) is 65.9 Å². The molecule has 1 aliphatic rings. The van der Waals surface area contributed by atoms with E-state index in [9.17, 15) is 9.59 Å². The number of anilines is 1. The third kappa shape index (κ3) is 3.45. The highest BCUT2D eigenvalue weighted by Gasteiger charge is 2.31. The van der Waals surface area contributed by atoms with Crippen LogP contribution in [0.1, 0.15) is 24.5 Å². The minimum atomic E-state index is -0.226. The Labute approximate surface area is 158 Å². The summed E-state index contributed by atoms with van der Waals surface area (Å²) < 4.78 is 0. The number of benzene rings is 2. The summed E-state index contributed by atoms with van der Waals surface area (Å²) >= 11 is 0. The fraction of sp³-hybridized carbons (Fsp3) is 0.273. The third-order valence-corrected chi connectivity index (χ3v) is 5.18. The first kappa shape index (κ1) is 17.3. The first-order valence-corrected chi connectivity index (χ1v) is 9.35. The number of carbonyl (C=O) groups is 2. The lowest BCUT2D eigenvalue weighted by Crippen LogP contribution is -2.39. The van der Waals surface area contributed by atoms with Crippen LogP contribution in [0.4, 0.5) is 5.69 Å². The van der Waals surface area contributed by atoms with E-state index in [2.05, 4.69) is 16.4 Å². The number of nitrogens with zero attached hydrogens (tertiary/aromatic N) is 1. The first-order valence-electron chi connectivity index (χ1n) is 9.35. The molecule has 3 aromatic rings. The number of fused-ring (bicyclic) bond motifs is 2. The molecule has 5 heteroatoms. The molecular formula is C22H23N3O2. The second kappa shape index (κ2) is 7.27. The molecule has 2 amide bonds. The molecular weight excluding hydrogens is 338 g/mol. The third-order valence-electron chi connectivity index (χ3n) is 5.18. The first-order chi connectivity index (χ1) is 13.1. The van der Waals surface area contributed by atoms with E-state index in [1.165, 1.54) is 10.9 Å². The maximum absolute atomic E-state index is 12.7. The molecule has 1 aromatic heterocycles. The van der Waals surface area contributed by atoms with Gasteiger partial charge in [-0.25, -0.2) is 0 Å². The van der Waals surface area contributed by atoms with E-state index in [0.29, 0.717) is 6.54 Å². The standard InChI is InChI=1S/C22H23N3O2/c1-15-12-16-6-2-5-9-20(16)25(15)22(27)13-21(26)23-11-10-17-14-24-19-8-4-3-7-18(17)19/h2-9,14-15,24H,10-13H2,1H3,(H,23,26). The largest absolute Gasteiger partial charge is 0.361 e. The van der Waals surface area contributed by atoms with E-state index in [1.54, 1.807) is 4.90 Å². The van der Waals surface area contributed by atoms with Crippen molar-refractivity contribution in [1.82, 2.24) is 10.3 Å². The lowest BCUT2D eigenvalue weighted by molar-refractivity contribution is -0.128. The van der Waals surface area contributed by atoms with E-state index in [1.807, 2.05) is 55.6 Å². The Morgan fingerprint density at radius 3 is 2.81 bits per heavy atom. The van der Waals surface area contributed by atoms with Gasteiger partial charge in [0.25, 0.3) is 0 Å². The molecule has 27 heavy (non-hydrogen) atoms. The Morgan fingerprint density at radius 2 is 1.93 bits per heavy atom. The highest BCUT2D eigenvalue weighted by atomic mass is 16.2. The Balaban J connectivity index is 1.32. The van der Waals surface area contributed by atoms with Gasteiger partial charge in [-0.2, -0.15) is 0 Å². The summed E-state index contributed by atoms with van der Waals surface area (Å²) in [4.78, 5) is 29.9. The van der Waals surface area contributed by atoms with Crippen molar-refractivity contribution >= 4 is 28.4 Å². The number of rotatable bonds is 5. The number of aromatic amines is 1. The number of hydrogen-bond acceptors (Lipinski definition) is 2. The zero-order chi connectivity index (χ0) is 18.8. The molecule has 0 radical (unpaired) electrons. The number of carbonyl (C=O) groups excluding carboxylic acids is 2. The number of aromatic nitrogens is 1. The average molecular weight is 361 g/mol. The summed E-state index contributed by atoms with van der Waals surface area (Å²) in [5.41, 5.74) is 4.36. The van der Waals surface area contributed by atoms with Gasteiger partial charge in [0.05, 0.1) is 0 Å². The van der Waals surface area contributed by atoms with Gasteiger partial charge in [0.15, 0.2) is 0 Å². The molecule has 1 unspecified atom stereocenters. The lowest BCUT2D eigenvalue weighted by atomic mass is 10.1. The van der Waals surface area contributed by atoms with Gasteiger partial charge < -0.3 is 15.2 Å². The zero-order valence-electron chi connectivity index (χ0n) is 15.4. The smallest absolute Gasteiger partial charge is 0.236 e. The van der Waals surface area contributed by atoms with Crippen LogP contribution in [0.2, 0.25) is 0 Å². The molecule has 0 saturated heterocycles. The Morgan fingerprint density at radius 1 is 1.15 bits per heavy atom. The molecule has 2 N–H and O–H groups in total. The van der Waals surface area contributed by atoms with Crippen LogP contribution in [0.3, 0.4) is 0 Å². The second-order valence-electron chi connectivity index (χ2n) is 7.08. The van der Waals surface area contributed by atoms with Crippen LogP contribution < -0.4 is 10.2 Å². The number of amides is 2. The fourth-order valence-corrected chi connectivity index (χ4v) is 3.91. The van der Waals surface area contributed by atoms with E-state index in [4.69, 9.17) is 0 Å². The van der Waals surface area contributed by atoms with Gasteiger partial charge in [-0.3, -0.25) is 9.59 Å². The predicted molar refractivity (Wildman–Crippen MR) is 107 cm³/mol. The minimum Gasteiger partial charge on any atom is -0.361 e. The summed E-state index contributed by atoms with van der Waals surface area (Å²) in [6.07, 6.45) is 3.42. The molecule has 0 aliphatic carbocycles. The molecule has 1 atom stereocenters. The lowest BCUT2D eigenvalue weighted by Gasteiger charge is -2.22. The van der Waals surface area contributed by atoms with Crippen LogP contribution in [0, 0.1) is 0 Å². The Bertz CT molecular complexity index is 992. The SMILES string of the molecule is CC1Cc2ccccc2N1C(=O)CC(=O)NCCc1c[nH]c2ccccc12. The Hall–Kier alpha value is -3.08. The summed E-state index contributed by atoms with van der Waals surface area (Å²) in [5.74, 6) is -0.367. The molecule has 1 aliphatic heterocycles. The van der Waals surface area contributed by atoms with Crippen molar-refractivity contribution in [3.63, 3.8) is 0 Å². The van der Waals surface area contributed by atoms with Crippen molar-refractivity contribution < 1.29 is 9.59 Å². The molecule has 2 heterocycles. The molecule has 4 rings (SSSR count). The van der Waals surface area contributed by atoms with Crippen molar-refractivity contribution in [2.24, 2.45) is 0 Å². The van der Waals surface area contributed by atoms with E-state index < -0.39 is 0 Å². The van der Waals surface area contributed by atoms with Crippen LogP contribution in [0.15, 0.2) is 54.7 Å². The van der Waals surface area contributed by atoms with Gasteiger partial charge in [0.1, 0.15) is 6.42 Å². The van der Waals surface area contributed by atoms with Gasteiger partial charge >= 0.3 is 0 Å². The van der Waals surface area contributed by atoms with Crippen molar-refractivity contribution in [3.8, 4) is 0 Å². The Kier molecular flexibility index (Phi) is 4.67. The maximum Gasteiger partial charge on any atom is 0.236 e. The maximum atomic E-state index is 12.7. The number of hydrogen-bond donors (Lipinski definition) is 2. The normalized spacial score (nSPS) is 15.7. The van der Waals surface area contributed by atoms with E-state index in [-0.39, 0.29) is 24.3 Å². The zero-order valence-corrected chi connectivity index (χ0v) is 15.4. The van der Waals surface area contributed by atoms with E-state index in [0.717, 1.165) is 29.6 Å². The quantitative estimate of drug-likeness (QED) is 0.686. The fourth-order valence-electron chi connectivity index (χ4n) is 3.91. The second-order valence-corrected chi connectivity index (χ2v) is 7.08. The number of H-pyrrole nitrogens is 1. The highest BCUT2D eigenvalue weighted by Crippen LogP contribution is 2.32. The minimum absolute atomic E-state index is 0.0916. The molecule has 138 valence electrons. The molecule has 0 bridgehead atoms. The van der Waals surface area contributed by atoms with Crippen molar-refractivity contribution in [2.45, 2.75) is 32.2 Å². The van der Waals surface area contributed by atoms with Crippen LogP contribution in [0.5, 0.6) is 0 Å². The number of para-hydroxylation sites is 2. The topological polar surface area (TPSA) is 65.2 Å². The monoisotopic (exact) mass is 361 g/mol. The average Bonchev–Trinajstić information content (AvgIpc) is 3.22. The van der Waals surface area contributed by atoms with Crippen LogP contribution >= 0.6 is 0 Å². The van der Waals surface area contributed by atoms with Crippen LogP contribution in [0.25, 0.3) is 10.9 Å². The van der Waals surface area contributed by atoms with Gasteiger partial charge in [0, 0.05) is 35.4 Å². The van der Waals surface area contributed by atoms with Crippen molar-refractivity contribution in [2.75, 3.05) is 11.4 Å². The molecule has 2 aromatic carbocycles. The van der Waals surface area contributed by atoms with Gasteiger partial charge in [-0.05, 0) is 43.0 Å². The summed E-state index contributed by atoms with van der Waals surface area (Å²) in [5, 5.41) is 4.05. The van der Waals surface area contributed by atoms with Crippen molar-refractivity contribution in [1.29, 1.82) is 0 Å². The van der Waals surface area contributed by atoms with Crippen LogP contribution in [-0.4, -0.2) is 29.4 Å². The predicted octanol–water partition coefficient (Wildman–Crippen LogP) is 3.19. The molecule has 5 nitrogen and oxygen atoms in total. The summed E-state index contributed by atoms with van der Waals surface area (Å²) in [6, 6.07) is 16.1. The summed E-state index contributed by atoms with van der Waals surface area (Å²) in [6.45, 7) is 2.53. The van der Waals surface area contributed by atoms with Gasteiger partial charge in [-0.15, -0.1) is 0 Å². The van der Waals surface area contributed by atoms with Crippen LogP contribution in [-0.2, 0) is 22.4 Å². The van der Waals surface area contributed by atoms with Gasteiger partial charge in [0.2, 0.25) is 11.8 Å². The molecule has 0 spiro atoms. The van der Waals surface area contributed by atoms with Gasteiger partial charge in [-0.1, -0.05) is 36.4 Å². The number of nitrogens with one attached hydrogen (secondary N) is 2. The van der Waals surface area contributed by atoms with E-state index >= 15 is 0 Å². The molecule has 0 fully saturated rings. The molecule has 0 saturated carbocycles.